The van der Waals surface area contributed by atoms with Crippen molar-refractivity contribution in [3.63, 3.8) is 0 Å². The first-order chi connectivity index (χ1) is 11.3. The van der Waals surface area contributed by atoms with Gasteiger partial charge in [-0.2, -0.15) is 0 Å². The minimum atomic E-state index is -0.205. The Morgan fingerprint density at radius 1 is 0.870 bits per heavy atom. The Morgan fingerprint density at radius 3 is 2.09 bits per heavy atom. The Morgan fingerprint density at radius 2 is 1.48 bits per heavy atom. The normalized spacial score (nSPS) is 21.3. The summed E-state index contributed by atoms with van der Waals surface area (Å²) in [5.41, 5.74) is 0. The van der Waals surface area contributed by atoms with Crippen LogP contribution in [0.25, 0.3) is 0 Å². The van der Waals surface area contributed by atoms with Crippen molar-refractivity contribution < 1.29 is 9.13 Å². The van der Waals surface area contributed by atoms with E-state index in [1.165, 1.54) is 76.3 Å². The first-order valence-electron chi connectivity index (χ1n) is 9.66. The lowest BCUT2D eigenvalue weighted by atomic mass is 9.78. The molecule has 2 rings (SSSR count). The molecule has 130 valence electrons. The fraction of sp³-hybridized carbons (Fsp3) is 0.714. The quantitative estimate of drug-likeness (QED) is 0.433. The van der Waals surface area contributed by atoms with Crippen LogP contribution in [-0.4, -0.2) is 6.61 Å². The van der Waals surface area contributed by atoms with Crippen molar-refractivity contribution in [2.75, 3.05) is 6.61 Å². The molecule has 2 heteroatoms. The van der Waals surface area contributed by atoms with E-state index in [4.69, 9.17) is 4.74 Å². The molecule has 0 saturated heterocycles. The summed E-state index contributed by atoms with van der Waals surface area (Å²) in [4.78, 5) is 0. The van der Waals surface area contributed by atoms with Gasteiger partial charge in [0.15, 0.2) is 0 Å². The van der Waals surface area contributed by atoms with E-state index in [9.17, 15) is 4.39 Å². The SMILES string of the molecule is CCCCCCC1CCC(CCCOc2ccc(F)cc2)CC1. The van der Waals surface area contributed by atoms with Crippen LogP contribution in [0.1, 0.15) is 77.6 Å². The van der Waals surface area contributed by atoms with Gasteiger partial charge in [-0.15, -0.1) is 0 Å². The van der Waals surface area contributed by atoms with Gasteiger partial charge < -0.3 is 4.74 Å². The summed E-state index contributed by atoms with van der Waals surface area (Å²) in [5.74, 6) is 2.48. The molecule has 1 aliphatic rings. The molecule has 0 amide bonds. The molecule has 1 aromatic rings. The number of ether oxygens (including phenoxy) is 1. The summed E-state index contributed by atoms with van der Waals surface area (Å²) < 4.78 is 18.5. The molecule has 1 nitrogen and oxygen atoms in total. The summed E-state index contributed by atoms with van der Waals surface area (Å²) in [6.45, 7) is 3.04. The summed E-state index contributed by atoms with van der Waals surface area (Å²) in [6, 6.07) is 6.33. The highest BCUT2D eigenvalue weighted by Gasteiger charge is 2.20. The molecule has 0 bridgehead atoms. The Balaban J connectivity index is 1.50. The van der Waals surface area contributed by atoms with Gasteiger partial charge in [0.1, 0.15) is 11.6 Å². The van der Waals surface area contributed by atoms with E-state index in [0.29, 0.717) is 0 Å². The molecule has 0 aromatic heterocycles. The zero-order chi connectivity index (χ0) is 16.3. The molecule has 1 fully saturated rings. The van der Waals surface area contributed by atoms with Crippen molar-refractivity contribution in [3.8, 4) is 5.75 Å². The van der Waals surface area contributed by atoms with Crippen LogP contribution in [0.2, 0.25) is 0 Å². The van der Waals surface area contributed by atoms with E-state index in [2.05, 4.69) is 6.92 Å². The zero-order valence-electron chi connectivity index (χ0n) is 14.7. The van der Waals surface area contributed by atoms with E-state index >= 15 is 0 Å². The predicted octanol–water partition coefficient (Wildman–Crippen LogP) is 6.76. The molecule has 0 heterocycles. The predicted molar refractivity (Wildman–Crippen MR) is 95.3 cm³/mol. The highest BCUT2D eigenvalue weighted by molar-refractivity contribution is 5.21. The Bertz CT molecular complexity index is 406. The van der Waals surface area contributed by atoms with Gasteiger partial charge in [0, 0.05) is 0 Å². The van der Waals surface area contributed by atoms with Crippen molar-refractivity contribution in [2.24, 2.45) is 11.8 Å². The number of benzene rings is 1. The number of unbranched alkanes of at least 4 members (excludes halogenated alkanes) is 3. The Kier molecular flexibility index (Phi) is 8.49. The average Bonchev–Trinajstić information content (AvgIpc) is 2.58. The average molecular weight is 320 g/mol. The van der Waals surface area contributed by atoms with Crippen LogP contribution in [0.4, 0.5) is 4.39 Å². The molecule has 0 aliphatic heterocycles. The molecule has 1 aromatic carbocycles. The van der Waals surface area contributed by atoms with E-state index < -0.39 is 0 Å². The molecule has 0 spiro atoms. The molecule has 0 N–H and O–H groups in total. The van der Waals surface area contributed by atoms with Crippen molar-refractivity contribution in [3.05, 3.63) is 30.1 Å². The lowest BCUT2D eigenvalue weighted by Crippen LogP contribution is -2.15. The van der Waals surface area contributed by atoms with Crippen molar-refractivity contribution >= 4 is 0 Å². The number of hydrogen-bond donors (Lipinski definition) is 0. The summed E-state index contributed by atoms with van der Waals surface area (Å²) >= 11 is 0. The van der Waals surface area contributed by atoms with Crippen molar-refractivity contribution in [2.45, 2.75) is 77.6 Å². The fourth-order valence-electron chi connectivity index (χ4n) is 3.76. The van der Waals surface area contributed by atoms with Crippen molar-refractivity contribution in [1.82, 2.24) is 0 Å². The lowest BCUT2D eigenvalue weighted by Gasteiger charge is -2.28. The third kappa shape index (κ3) is 7.37. The molecule has 0 unspecified atom stereocenters. The molecule has 0 radical (unpaired) electrons. The van der Waals surface area contributed by atoms with Crippen LogP contribution in [-0.2, 0) is 0 Å². The monoisotopic (exact) mass is 320 g/mol. The van der Waals surface area contributed by atoms with Crippen LogP contribution in [0, 0.1) is 17.7 Å². The van der Waals surface area contributed by atoms with E-state index in [0.717, 1.165) is 30.6 Å². The van der Waals surface area contributed by atoms with Gasteiger partial charge in [0.2, 0.25) is 0 Å². The Hall–Kier alpha value is -1.05. The highest BCUT2D eigenvalue weighted by atomic mass is 19.1. The van der Waals surface area contributed by atoms with Crippen LogP contribution in [0.3, 0.4) is 0 Å². The summed E-state index contributed by atoms with van der Waals surface area (Å²) in [5, 5.41) is 0. The minimum absolute atomic E-state index is 0.205. The number of rotatable bonds is 10. The highest BCUT2D eigenvalue weighted by Crippen LogP contribution is 2.34. The molecule has 0 atom stereocenters. The maximum atomic E-state index is 12.8. The summed E-state index contributed by atoms with van der Waals surface area (Å²) in [7, 11) is 0. The third-order valence-electron chi connectivity index (χ3n) is 5.27. The van der Waals surface area contributed by atoms with Gasteiger partial charge in [-0.25, -0.2) is 4.39 Å². The van der Waals surface area contributed by atoms with E-state index in [1.807, 2.05) is 0 Å². The van der Waals surface area contributed by atoms with Crippen LogP contribution >= 0.6 is 0 Å². The molecule has 23 heavy (non-hydrogen) atoms. The smallest absolute Gasteiger partial charge is 0.123 e. The first-order valence-corrected chi connectivity index (χ1v) is 9.66. The number of halogens is 1. The van der Waals surface area contributed by atoms with Gasteiger partial charge in [-0.1, -0.05) is 64.7 Å². The largest absolute Gasteiger partial charge is 0.494 e. The van der Waals surface area contributed by atoms with Gasteiger partial charge in [-0.3, -0.25) is 0 Å². The number of hydrogen-bond acceptors (Lipinski definition) is 1. The summed E-state index contributed by atoms with van der Waals surface area (Å²) in [6.07, 6.45) is 15.2. The topological polar surface area (TPSA) is 9.23 Å². The second-order valence-corrected chi connectivity index (χ2v) is 7.18. The molecule has 1 aliphatic carbocycles. The van der Waals surface area contributed by atoms with Crippen LogP contribution < -0.4 is 4.74 Å². The van der Waals surface area contributed by atoms with Gasteiger partial charge in [-0.05, 0) is 48.9 Å². The molecular weight excluding hydrogens is 287 g/mol. The van der Waals surface area contributed by atoms with Crippen LogP contribution in [0.15, 0.2) is 24.3 Å². The molecular formula is C21H33FO. The van der Waals surface area contributed by atoms with Gasteiger partial charge in [0.05, 0.1) is 6.61 Å². The fourth-order valence-corrected chi connectivity index (χ4v) is 3.76. The third-order valence-corrected chi connectivity index (χ3v) is 5.27. The first kappa shape index (κ1) is 18.3. The maximum Gasteiger partial charge on any atom is 0.123 e. The standard InChI is InChI=1S/C21H33FO/c1-2-3-4-5-7-18-9-11-19(12-10-18)8-6-17-23-21-15-13-20(22)14-16-21/h13-16,18-19H,2-12,17H2,1H3. The van der Waals surface area contributed by atoms with E-state index in [1.54, 1.807) is 12.1 Å². The zero-order valence-corrected chi connectivity index (χ0v) is 14.7. The second-order valence-electron chi connectivity index (χ2n) is 7.18. The maximum absolute atomic E-state index is 12.8. The van der Waals surface area contributed by atoms with E-state index in [-0.39, 0.29) is 5.82 Å². The molecule has 1 saturated carbocycles. The van der Waals surface area contributed by atoms with Gasteiger partial charge in [0.25, 0.3) is 0 Å². The second kappa shape index (κ2) is 10.7. The van der Waals surface area contributed by atoms with Crippen molar-refractivity contribution in [1.29, 1.82) is 0 Å². The minimum Gasteiger partial charge on any atom is -0.494 e. The van der Waals surface area contributed by atoms with Crippen LogP contribution in [0.5, 0.6) is 5.75 Å². The van der Waals surface area contributed by atoms with Gasteiger partial charge >= 0.3 is 0 Å². The Labute approximate surface area is 141 Å². The lowest BCUT2D eigenvalue weighted by molar-refractivity contribution is 0.228.